The van der Waals surface area contributed by atoms with Crippen LogP contribution in [0.2, 0.25) is 0 Å². The molecule has 0 atom stereocenters. The number of ether oxygens (including phenoxy) is 1. The van der Waals surface area contributed by atoms with Gasteiger partial charge in [0.05, 0.1) is 16.9 Å². The maximum absolute atomic E-state index is 12.8. The van der Waals surface area contributed by atoms with Crippen LogP contribution in [-0.4, -0.2) is 21.0 Å². The summed E-state index contributed by atoms with van der Waals surface area (Å²) in [7, 11) is 0. The third-order valence-corrected chi connectivity index (χ3v) is 4.30. The smallest absolute Gasteiger partial charge is 0.416 e. The minimum atomic E-state index is -4.45. The van der Waals surface area contributed by atoms with Gasteiger partial charge < -0.3 is 4.74 Å². The minimum Gasteiger partial charge on any atom is -0.456 e. The molecule has 0 aliphatic heterocycles. The molecule has 0 aliphatic carbocycles. The van der Waals surface area contributed by atoms with E-state index in [1.807, 2.05) is 31.2 Å². The number of hydrogen-bond acceptors (Lipinski definition) is 4. The number of halogens is 3. The van der Waals surface area contributed by atoms with Crippen molar-refractivity contribution in [2.24, 2.45) is 0 Å². The Morgan fingerprint density at radius 2 is 1.82 bits per heavy atom. The molecule has 0 saturated heterocycles. The first-order chi connectivity index (χ1) is 13.3. The van der Waals surface area contributed by atoms with Crippen molar-refractivity contribution in [2.75, 3.05) is 0 Å². The molecular weight excluding hydrogens is 371 g/mol. The zero-order chi connectivity index (χ0) is 20.3. The monoisotopic (exact) mass is 389 g/mol. The minimum absolute atomic E-state index is 0.0199. The third-order valence-electron chi connectivity index (χ3n) is 4.30. The van der Waals surface area contributed by atoms with Crippen LogP contribution in [0.25, 0.3) is 5.69 Å². The molecule has 0 saturated carbocycles. The van der Waals surface area contributed by atoms with E-state index < -0.39 is 17.7 Å². The Morgan fingerprint density at radius 3 is 2.46 bits per heavy atom. The molecule has 146 valence electrons. The van der Waals surface area contributed by atoms with Crippen LogP contribution < -0.4 is 0 Å². The van der Waals surface area contributed by atoms with E-state index in [-0.39, 0.29) is 17.9 Å². The van der Waals surface area contributed by atoms with E-state index in [9.17, 15) is 18.0 Å². The van der Waals surface area contributed by atoms with Gasteiger partial charge in [-0.1, -0.05) is 36.4 Å². The van der Waals surface area contributed by atoms with Gasteiger partial charge >= 0.3 is 12.1 Å². The van der Waals surface area contributed by atoms with Gasteiger partial charge in [-0.15, -0.1) is 5.10 Å². The van der Waals surface area contributed by atoms with Crippen LogP contribution in [0, 0.1) is 6.92 Å². The number of aryl methyl sites for hydroxylation is 1. The van der Waals surface area contributed by atoms with Crippen molar-refractivity contribution in [3.8, 4) is 5.69 Å². The molecule has 1 aromatic heterocycles. The maximum Gasteiger partial charge on any atom is 0.416 e. The van der Waals surface area contributed by atoms with Crippen molar-refractivity contribution in [2.45, 2.75) is 33.1 Å². The highest BCUT2D eigenvalue weighted by atomic mass is 19.4. The Bertz CT molecular complexity index is 979. The van der Waals surface area contributed by atoms with Crippen LogP contribution >= 0.6 is 0 Å². The molecule has 0 radical (unpaired) electrons. The normalized spacial score (nSPS) is 11.5. The lowest BCUT2D eigenvalue weighted by molar-refractivity contribution is -0.137. The standard InChI is InChI=1S/C20H18F3N3O2/c1-3-14-7-9-17(10-8-14)26-13(2)18(24-25-26)19(27)28-12-15-5-4-6-16(11-15)20(21,22)23/h4-11H,3,12H2,1-2H3. The molecule has 5 nitrogen and oxygen atoms in total. The second-order valence-electron chi connectivity index (χ2n) is 6.23. The second-order valence-corrected chi connectivity index (χ2v) is 6.23. The van der Waals surface area contributed by atoms with Gasteiger partial charge in [0.15, 0.2) is 5.69 Å². The molecule has 0 fully saturated rings. The number of hydrogen-bond donors (Lipinski definition) is 0. The number of carbonyl (C=O) groups is 1. The average Bonchev–Trinajstić information content (AvgIpc) is 3.07. The van der Waals surface area contributed by atoms with Crippen LogP contribution in [-0.2, 0) is 23.9 Å². The fourth-order valence-corrected chi connectivity index (χ4v) is 2.69. The zero-order valence-electron chi connectivity index (χ0n) is 15.3. The SMILES string of the molecule is CCc1ccc(-n2nnc(C(=O)OCc3cccc(C(F)(F)F)c3)c2C)cc1. The number of rotatable bonds is 5. The van der Waals surface area contributed by atoms with E-state index in [0.29, 0.717) is 5.69 Å². The van der Waals surface area contributed by atoms with Crippen molar-refractivity contribution >= 4 is 5.97 Å². The second kappa shape index (κ2) is 7.84. The summed E-state index contributed by atoms with van der Waals surface area (Å²) in [4.78, 5) is 12.3. The number of benzene rings is 2. The Morgan fingerprint density at radius 1 is 1.11 bits per heavy atom. The lowest BCUT2D eigenvalue weighted by atomic mass is 10.1. The molecule has 0 N–H and O–H groups in total. The lowest BCUT2D eigenvalue weighted by Gasteiger charge is -2.09. The first-order valence-corrected chi connectivity index (χ1v) is 8.64. The largest absolute Gasteiger partial charge is 0.456 e. The molecule has 2 aromatic carbocycles. The van der Waals surface area contributed by atoms with Crippen molar-refractivity contribution in [3.05, 3.63) is 76.6 Å². The molecule has 8 heteroatoms. The number of alkyl halides is 3. The van der Waals surface area contributed by atoms with Gasteiger partial charge in [0.2, 0.25) is 0 Å². The molecule has 28 heavy (non-hydrogen) atoms. The summed E-state index contributed by atoms with van der Waals surface area (Å²) in [5.41, 5.74) is 1.87. The van der Waals surface area contributed by atoms with Crippen molar-refractivity contribution in [3.63, 3.8) is 0 Å². The molecule has 0 spiro atoms. The highest BCUT2D eigenvalue weighted by molar-refractivity contribution is 5.88. The fraction of sp³-hybridized carbons (Fsp3) is 0.250. The third kappa shape index (κ3) is 4.21. The Balaban J connectivity index is 1.72. The quantitative estimate of drug-likeness (QED) is 0.603. The van der Waals surface area contributed by atoms with Gasteiger partial charge in [-0.3, -0.25) is 0 Å². The summed E-state index contributed by atoms with van der Waals surface area (Å²) in [6.45, 7) is 3.43. The Labute approximate surface area is 159 Å². The number of aromatic nitrogens is 3. The van der Waals surface area contributed by atoms with E-state index in [0.717, 1.165) is 24.2 Å². The Hall–Kier alpha value is -3.16. The molecule has 0 amide bonds. The topological polar surface area (TPSA) is 57.0 Å². The molecule has 0 unspecified atom stereocenters. The van der Waals surface area contributed by atoms with Crippen molar-refractivity contribution < 1.29 is 22.7 Å². The van der Waals surface area contributed by atoms with Crippen LogP contribution in [0.15, 0.2) is 48.5 Å². The number of nitrogens with zero attached hydrogens (tertiary/aromatic N) is 3. The van der Waals surface area contributed by atoms with E-state index in [4.69, 9.17) is 4.74 Å². The van der Waals surface area contributed by atoms with Crippen LogP contribution in [0.5, 0.6) is 0 Å². The van der Waals surface area contributed by atoms with Gasteiger partial charge in [0.25, 0.3) is 0 Å². The van der Waals surface area contributed by atoms with Gasteiger partial charge in [-0.2, -0.15) is 13.2 Å². The van der Waals surface area contributed by atoms with E-state index in [2.05, 4.69) is 10.3 Å². The molecule has 0 aliphatic rings. The molecule has 3 rings (SSSR count). The first-order valence-electron chi connectivity index (χ1n) is 8.64. The summed E-state index contributed by atoms with van der Waals surface area (Å²) in [5, 5.41) is 7.84. The lowest BCUT2D eigenvalue weighted by Crippen LogP contribution is -2.09. The number of carbonyl (C=O) groups excluding carboxylic acids is 1. The summed E-state index contributed by atoms with van der Waals surface area (Å²) in [5.74, 6) is -0.744. The molecule has 3 aromatic rings. The molecule has 1 heterocycles. The summed E-state index contributed by atoms with van der Waals surface area (Å²) in [6, 6.07) is 12.3. The fourth-order valence-electron chi connectivity index (χ4n) is 2.69. The maximum atomic E-state index is 12.8. The van der Waals surface area contributed by atoms with E-state index in [1.165, 1.54) is 22.4 Å². The highest BCUT2D eigenvalue weighted by Crippen LogP contribution is 2.29. The predicted molar refractivity (Wildman–Crippen MR) is 96.0 cm³/mol. The number of esters is 1. The molecule has 0 bridgehead atoms. The van der Waals surface area contributed by atoms with Gasteiger partial charge in [0.1, 0.15) is 6.61 Å². The van der Waals surface area contributed by atoms with E-state index in [1.54, 1.807) is 6.92 Å². The molecular formula is C20H18F3N3O2. The summed E-state index contributed by atoms with van der Waals surface area (Å²) in [6.07, 6.45) is -3.55. The van der Waals surface area contributed by atoms with Gasteiger partial charge in [0, 0.05) is 0 Å². The van der Waals surface area contributed by atoms with Crippen molar-refractivity contribution in [1.82, 2.24) is 15.0 Å². The van der Waals surface area contributed by atoms with Crippen molar-refractivity contribution in [1.29, 1.82) is 0 Å². The first kappa shape index (κ1) is 19.6. The van der Waals surface area contributed by atoms with Gasteiger partial charge in [-0.05, 0) is 48.7 Å². The van der Waals surface area contributed by atoms with Crippen LogP contribution in [0.3, 0.4) is 0 Å². The van der Waals surface area contributed by atoms with Gasteiger partial charge in [-0.25, -0.2) is 9.48 Å². The Kier molecular flexibility index (Phi) is 5.48. The predicted octanol–water partition coefficient (Wildman–Crippen LogP) is 4.51. The van der Waals surface area contributed by atoms with E-state index >= 15 is 0 Å². The van der Waals surface area contributed by atoms with Crippen LogP contribution in [0.4, 0.5) is 13.2 Å². The average molecular weight is 389 g/mol. The summed E-state index contributed by atoms with van der Waals surface area (Å²) < 4.78 is 44.9. The highest BCUT2D eigenvalue weighted by Gasteiger charge is 2.30. The zero-order valence-corrected chi connectivity index (χ0v) is 15.3. The van der Waals surface area contributed by atoms with Crippen LogP contribution in [0.1, 0.15) is 39.8 Å². The summed E-state index contributed by atoms with van der Waals surface area (Å²) >= 11 is 0.